The first-order valence-corrected chi connectivity index (χ1v) is 11.0. The molecule has 144 valence electrons. The van der Waals surface area contributed by atoms with Crippen LogP contribution in [0.25, 0.3) is 10.2 Å². The summed E-state index contributed by atoms with van der Waals surface area (Å²) < 4.78 is 35.9. The zero-order valence-electron chi connectivity index (χ0n) is 15.4. The summed E-state index contributed by atoms with van der Waals surface area (Å²) in [6, 6.07) is 11.9. The maximum absolute atomic E-state index is 12.7. The number of sulfonamides is 1. The summed E-state index contributed by atoms with van der Waals surface area (Å²) in [6.07, 6.45) is 0. The van der Waals surface area contributed by atoms with E-state index in [1.165, 1.54) is 6.07 Å². The van der Waals surface area contributed by atoms with Gasteiger partial charge in [0.05, 0.1) is 21.2 Å². The Morgan fingerprint density at radius 1 is 1.19 bits per heavy atom. The molecule has 0 amide bonds. The Labute approximate surface area is 162 Å². The van der Waals surface area contributed by atoms with Crippen molar-refractivity contribution >= 4 is 31.6 Å². The van der Waals surface area contributed by atoms with Gasteiger partial charge in [-0.1, -0.05) is 29.0 Å². The highest BCUT2D eigenvalue weighted by molar-refractivity contribution is 7.89. The van der Waals surface area contributed by atoms with Gasteiger partial charge in [0.1, 0.15) is 12.4 Å². The molecule has 0 aliphatic heterocycles. The normalized spacial score (nSPS) is 13.0. The molecule has 3 rings (SSSR count). The van der Waals surface area contributed by atoms with Crippen molar-refractivity contribution in [2.75, 3.05) is 6.61 Å². The van der Waals surface area contributed by atoms with Crippen LogP contribution in [0.15, 0.2) is 52.2 Å². The molecule has 1 aromatic heterocycles. The standard InChI is InChI=1S/C19H22N2O4S2/c1-4-21-17-10-9-16(11-18(17)26-19(21)22)27(23,24)20-14(3)12-25-15-7-5-13(2)6-8-15/h5-11,14,20H,4,12H2,1-3H3/t14-/m0/s1. The Kier molecular flexibility index (Phi) is 5.69. The van der Waals surface area contributed by atoms with Crippen LogP contribution in [0.1, 0.15) is 19.4 Å². The number of hydrogen-bond acceptors (Lipinski definition) is 5. The lowest BCUT2D eigenvalue weighted by atomic mass is 10.2. The van der Waals surface area contributed by atoms with Crippen LogP contribution in [0.5, 0.6) is 5.75 Å². The second kappa shape index (κ2) is 7.84. The lowest BCUT2D eigenvalue weighted by molar-refractivity contribution is 0.287. The number of rotatable bonds is 7. The summed E-state index contributed by atoms with van der Waals surface area (Å²) in [6.45, 7) is 6.38. The third kappa shape index (κ3) is 4.40. The minimum atomic E-state index is -3.71. The molecule has 0 fully saturated rings. The van der Waals surface area contributed by atoms with E-state index < -0.39 is 16.1 Å². The average Bonchev–Trinajstić information content (AvgIpc) is 2.95. The topological polar surface area (TPSA) is 77.4 Å². The zero-order valence-corrected chi connectivity index (χ0v) is 17.1. The van der Waals surface area contributed by atoms with Gasteiger partial charge >= 0.3 is 4.87 Å². The number of aromatic nitrogens is 1. The van der Waals surface area contributed by atoms with Crippen molar-refractivity contribution in [2.24, 2.45) is 0 Å². The van der Waals surface area contributed by atoms with Gasteiger partial charge in [-0.25, -0.2) is 13.1 Å². The van der Waals surface area contributed by atoms with Crippen molar-refractivity contribution in [3.63, 3.8) is 0 Å². The summed E-state index contributed by atoms with van der Waals surface area (Å²) in [5.74, 6) is 0.693. The number of benzene rings is 2. The molecule has 6 nitrogen and oxygen atoms in total. The Bertz CT molecular complexity index is 1100. The first-order valence-electron chi connectivity index (χ1n) is 8.65. The fourth-order valence-electron chi connectivity index (χ4n) is 2.74. The van der Waals surface area contributed by atoms with E-state index in [4.69, 9.17) is 4.74 Å². The van der Waals surface area contributed by atoms with Crippen LogP contribution < -0.4 is 14.3 Å². The van der Waals surface area contributed by atoms with E-state index in [2.05, 4.69) is 4.72 Å². The van der Waals surface area contributed by atoms with Gasteiger partial charge in [-0.2, -0.15) is 0 Å². The molecular formula is C19H22N2O4S2. The molecule has 0 bridgehead atoms. The Morgan fingerprint density at radius 3 is 2.56 bits per heavy atom. The molecule has 2 aromatic carbocycles. The van der Waals surface area contributed by atoms with Crippen LogP contribution in [-0.4, -0.2) is 25.6 Å². The number of fused-ring (bicyclic) bond motifs is 1. The highest BCUT2D eigenvalue weighted by atomic mass is 32.2. The Morgan fingerprint density at radius 2 is 1.89 bits per heavy atom. The lowest BCUT2D eigenvalue weighted by Gasteiger charge is -2.15. The summed E-state index contributed by atoms with van der Waals surface area (Å²) in [5, 5.41) is 0. The van der Waals surface area contributed by atoms with E-state index in [0.717, 1.165) is 22.4 Å². The van der Waals surface area contributed by atoms with Crippen LogP contribution in [0.4, 0.5) is 0 Å². The van der Waals surface area contributed by atoms with E-state index in [1.54, 1.807) is 23.6 Å². The second-order valence-electron chi connectivity index (χ2n) is 6.39. The summed E-state index contributed by atoms with van der Waals surface area (Å²) in [4.78, 5) is 12.0. The van der Waals surface area contributed by atoms with E-state index in [0.29, 0.717) is 17.0 Å². The first kappa shape index (κ1) is 19.6. The molecule has 0 unspecified atom stereocenters. The van der Waals surface area contributed by atoms with Gasteiger partial charge in [0.25, 0.3) is 0 Å². The number of nitrogens with zero attached hydrogens (tertiary/aromatic N) is 1. The third-order valence-corrected chi connectivity index (χ3v) is 6.67. The number of ether oxygens (including phenoxy) is 1. The predicted molar refractivity (Wildman–Crippen MR) is 108 cm³/mol. The quantitative estimate of drug-likeness (QED) is 0.654. The molecule has 1 atom stereocenters. The number of hydrogen-bond donors (Lipinski definition) is 1. The number of thiazole rings is 1. The van der Waals surface area contributed by atoms with E-state index in [9.17, 15) is 13.2 Å². The van der Waals surface area contributed by atoms with Crippen molar-refractivity contribution < 1.29 is 13.2 Å². The maximum atomic E-state index is 12.7. The van der Waals surface area contributed by atoms with Crippen molar-refractivity contribution in [3.05, 3.63) is 57.7 Å². The summed E-state index contributed by atoms with van der Waals surface area (Å²) in [7, 11) is -3.71. The average molecular weight is 407 g/mol. The highest BCUT2D eigenvalue weighted by Crippen LogP contribution is 2.22. The molecule has 1 heterocycles. The molecule has 0 spiro atoms. The number of aryl methyl sites for hydroxylation is 2. The molecule has 0 saturated carbocycles. The maximum Gasteiger partial charge on any atom is 0.308 e. The summed E-state index contributed by atoms with van der Waals surface area (Å²) in [5.41, 5.74) is 1.88. The van der Waals surface area contributed by atoms with E-state index in [-0.39, 0.29) is 16.4 Å². The van der Waals surface area contributed by atoms with Gasteiger partial charge < -0.3 is 4.74 Å². The van der Waals surface area contributed by atoms with Gasteiger partial charge in [-0.05, 0) is 51.1 Å². The van der Waals surface area contributed by atoms with Crippen LogP contribution in [0, 0.1) is 6.92 Å². The van der Waals surface area contributed by atoms with Gasteiger partial charge in [0.2, 0.25) is 10.0 Å². The molecule has 3 aromatic rings. The monoisotopic (exact) mass is 406 g/mol. The SMILES string of the molecule is CCn1c(=O)sc2cc(S(=O)(=O)N[C@@H](C)COc3ccc(C)cc3)ccc21. The zero-order chi connectivity index (χ0) is 19.6. The van der Waals surface area contributed by atoms with Crippen LogP contribution in [0.2, 0.25) is 0 Å². The predicted octanol–water partition coefficient (Wildman–Crippen LogP) is 3.14. The van der Waals surface area contributed by atoms with Crippen LogP contribution in [-0.2, 0) is 16.6 Å². The first-order chi connectivity index (χ1) is 12.8. The second-order valence-corrected chi connectivity index (χ2v) is 9.10. The van der Waals surface area contributed by atoms with Gasteiger partial charge in [-0.3, -0.25) is 9.36 Å². The van der Waals surface area contributed by atoms with Gasteiger partial charge in [-0.15, -0.1) is 0 Å². The van der Waals surface area contributed by atoms with E-state index >= 15 is 0 Å². The van der Waals surface area contributed by atoms with Gasteiger partial charge in [0, 0.05) is 6.54 Å². The minimum Gasteiger partial charge on any atom is -0.492 e. The molecule has 8 heteroatoms. The Balaban J connectivity index is 1.72. The van der Waals surface area contributed by atoms with Crippen molar-refractivity contribution in [3.8, 4) is 5.75 Å². The van der Waals surface area contributed by atoms with Crippen molar-refractivity contribution in [1.29, 1.82) is 0 Å². The smallest absolute Gasteiger partial charge is 0.308 e. The summed E-state index contributed by atoms with van der Waals surface area (Å²) >= 11 is 1.05. The molecular weight excluding hydrogens is 384 g/mol. The molecule has 0 radical (unpaired) electrons. The minimum absolute atomic E-state index is 0.0881. The van der Waals surface area contributed by atoms with Crippen molar-refractivity contribution in [1.82, 2.24) is 9.29 Å². The van der Waals surface area contributed by atoms with Crippen LogP contribution >= 0.6 is 11.3 Å². The molecule has 0 aliphatic carbocycles. The lowest BCUT2D eigenvalue weighted by Crippen LogP contribution is -2.36. The largest absolute Gasteiger partial charge is 0.492 e. The molecule has 0 aliphatic rings. The third-order valence-electron chi connectivity index (χ3n) is 4.14. The van der Waals surface area contributed by atoms with Gasteiger partial charge in [0.15, 0.2) is 0 Å². The van der Waals surface area contributed by atoms with E-state index in [1.807, 2.05) is 38.1 Å². The fourth-order valence-corrected chi connectivity index (χ4v) is 5.06. The molecule has 1 N–H and O–H groups in total. The van der Waals surface area contributed by atoms with Crippen molar-refractivity contribution in [2.45, 2.75) is 38.3 Å². The highest BCUT2D eigenvalue weighted by Gasteiger charge is 2.19. The number of nitrogens with one attached hydrogen (secondary N) is 1. The molecule has 27 heavy (non-hydrogen) atoms. The van der Waals surface area contributed by atoms with Crippen LogP contribution in [0.3, 0.4) is 0 Å². The molecule has 0 saturated heterocycles. The fraction of sp³-hybridized carbons (Fsp3) is 0.316. The Hall–Kier alpha value is -2.16.